The highest BCUT2D eigenvalue weighted by atomic mass is 32.1. The lowest BCUT2D eigenvalue weighted by molar-refractivity contribution is 0.313. The second kappa shape index (κ2) is 4.72. The van der Waals surface area contributed by atoms with E-state index < -0.39 is 0 Å². The van der Waals surface area contributed by atoms with Crippen LogP contribution in [0.3, 0.4) is 0 Å². The molecule has 0 aliphatic carbocycles. The predicted molar refractivity (Wildman–Crippen MR) is 84.5 cm³/mol. The summed E-state index contributed by atoms with van der Waals surface area (Å²) in [6.45, 7) is 2.29. The monoisotopic (exact) mass is 283 g/mol. The summed E-state index contributed by atoms with van der Waals surface area (Å²) in [4.78, 5) is 8.36. The van der Waals surface area contributed by atoms with Crippen molar-refractivity contribution in [1.29, 1.82) is 0 Å². The number of nitrogens with zero attached hydrogens (tertiary/aromatic N) is 3. The van der Waals surface area contributed by atoms with Crippen LogP contribution in [-0.4, -0.2) is 34.6 Å². The van der Waals surface area contributed by atoms with Crippen molar-refractivity contribution in [3.8, 4) is 0 Å². The molecule has 102 valence electrons. The van der Waals surface area contributed by atoms with Crippen LogP contribution in [0.1, 0.15) is 29.1 Å². The first-order chi connectivity index (χ1) is 9.83. The summed E-state index contributed by atoms with van der Waals surface area (Å²) in [5.74, 6) is 1.10. The van der Waals surface area contributed by atoms with Crippen LogP contribution in [-0.2, 0) is 0 Å². The van der Waals surface area contributed by atoms with E-state index in [0.29, 0.717) is 0 Å². The third-order valence-corrected chi connectivity index (χ3v) is 5.07. The molecule has 0 atom stereocenters. The zero-order chi connectivity index (χ0) is 13.5. The molecule has 20 heavy (non-hydrogen) atoms. The predicted octanol–water partition coefficient (Wildman–Crippen LogP) is 3.41. The molecule has 2 aliphatic rings. The first kappa shape index (κ1) is 12.1. The van der Waals surface area contributed by atoms with E-state index in [9.17, 15) is 0 Å². The molecule has 4 rings (SSSR count). The molecule has 0 saturated carbocycles. The normalized spacial score (nSPS) is 18.9. The molecule has 0 radical (unpaired) electrons. The first-order valence-corrected chi connectivity index (χ1v) is 7.91. The zero-order valence-electron chi connectivity index (χ0n) is 11.5. The van der Waals surface area contributed by atoms with Gasteiger partial charge in [-0.2, -0.15) is 0 Å². The Balaban J connectivity index is 1.92. The molecular weight excluding hydrogens is 266 g/mol. The van der Waals surface area contributed by atoms with Crippen LogP contribution in [0.15, 0.2) is 29.4 Å². The van der Waals surface area contributed by atoms with E-state index in [1.54, 1.807) is 5.57 Å². The van der Waals surface area contributed by atoms with Crippen LogP contribution in [0.5, 0.6) is 0 Å². The van der Waals surface area contributed by atoms with Gasteiger partial charge in [-0.3, -0.25) is 0 Å². The minimum Gasteiger partial charge on any atom is -0.307 e. The van der Waals surface area contributed by atoms with Crippen LogP contribution in [0.25, 0.3) is 17.8 Å². The van der Waals surface area contributed by atoms with Gasteiger partial charge in [0, 0.05) is 47.7 Å². The van der Waals surface area contributed by atoms with E-state index in [2.05, 4.69) is 45.2 Å². The van der Waals surface area contributed by atoms with E-state index in [-0.39, 0.29) is 0 Å². The van der Waals surface area contributed by atoms with E-state index in [1.165, 1.54) is 16.0 Å². The van der Waals surface area contributed by atoms with Gasteiger partial charge in [-0.05, 0) is 37.4 Å². The summed E-state index contributed by atoms with van der Waals surface area (Å²) < 4.78 is 2.15. The summed E-state index contributed by atoms with van der Waals surface area (Å²) in [7, 11) is 2.20. The molecule has 0 N–H and O–H groups in total. The third-order valence-electron chi connectivity index (χ3n) is 4.19. The van der Waals surface area contributed by atoms with E-state index in [0.717, 1.165) is 31.8 Å². The highest BCUT2D eigenvalue weighted by Crippen LogP contribution is 2.37. The number of fused-ring (bicyclic) bond motifs is 2. The molecular formula is C16H17N3S. The largest absolute Gasteiger partial charge is 0.307 e. The smallest absolute Gasteiger partial charge is 0.144 e. The van der Waals surface area contributed by atoms with Crippen molar-refractivity contribution < 1.29 is 0 Å². The van der Waals surface area contributed by atoms with Crippen LogP contribution < -0.4 is 0 Å². The van der Waals surface area contributed by atoms with Gasteiger partial charge in [-0.15, -0.1) is 11.3 Å². The Bertz CT molecular complexity index is 649. The SMILES string of the molecule is CN1CCC(=C2c3ccsc3C=Cn3ccnc32)CC1. The Hall–Kier alpha value is -1.65. The van der Waals surface area contributed by atoms with Gasteiger partial charge in [0.2, 0.25) is 0 Å². The average molecular weight is 283 g/mol. The van der Waals surface area contributed by atoms with Crippen molar-refractivity contribution >= 4 is 29.2 Å². The van der Waals surface area contributed by atoms with E-state index in [1.807, 2.05) is 23.7 Å². The van der Waals surface area contributed by atoms with Crippen LogP contribution in [0, 0.1) is 0 Å². The molecule has 0 bridgehead atoms. The fraction of sp³-hybridized carbons (Fsp3) is 0.312. The maximum Gasteiger partial charge on any atom is 0.144 e. The van der Waals surface area contributed by atoms with Gasteiger partial charge in [-0.1, -0.05) is 5.57 Å². The number of hydrogen-bond acceptors (Lipinski definition) is 3. The Morgan fingerprint density at radius 1 is 1.25 bits per heavy atom. The lowest BCUT2D eigenvalue weighted by Gasteiger charge is -2.26. The quantitative estimate of drug-likeness (QED) is 0.630. The molecule has 4 heteroatoms. The van der Waals surface area contributed by atoms with Crippen LogP contribution in [0.4, 0.5) is 0 Å². The highest BCUT2D eigenvalue weighted by Gasteiger charge is 2.23. The number of piperidine rings is 1. The second-order valence-corrected chi connectivity index (χ2v) is 6.40. The fourth-order valence-electron chi connectivity index (χ4n) is 3.04. The Morgan fingerprint density at radius 2 is 2.10 bits per heavy atom. The molecule has 2 aliphatic heterocycles. The first-order valence-electron chi connectivity index (χ1n) is 7.03. The standard InChI is InChI=1S/C16H17N3S/c1-18-7-2-12(3-8-18)15-13-5-11-20-14(13)4-9-19-10-6-17-16(15)19/h4-6,9-11H,2-3,7-8H2,1H3. The Kier molecular flexibility index (Phi) is 2.86. The number of likely N-dealkylation sites (tertiary alicyclic amines) is 1. The topological polar surface area (TPSA) is 21.1 Å². The molecule has 2 aromatic heterocycles. The van der Waals surface area contributed by atoms with Gasteiger partial charge in [0.1, 0.15) is 5.82 Å². The zero-order valence-corrected chi connectivity index (χ0v) is 12.4. The Labute approximate surface area is 122 Å². The molecule has 0 amide bonds. The van der Waals surface area contributed by atoms with Crippen molar-refractivity contribution in [1.82, 2.24) is 14.5 Å². The molecule has 0 spiro atoms. The molecule has 1 saturated heterocycles. The number of imidazole rings is 1. The van der Waals surface area contributed by atoms with Crippen molar-refractivity contribution in [3.05, 3.63) is 45.7 Å². The van der Waals surface area contributed by atoms with Gasteiger partial charge >= 0.3 is 0 Å². The second-order valence-electron chi connectivity index (χ2n) is 5.45. The lowest BCUT2D eigenvalue weighted by atomic mass is 9.93. The van der Waals surface area contributed by atoms with Gasteiger partial charge in [0.25, 0.3) is 0 Å². The average Bonchev–Trinajstić information content (AvgIpc) is 3.07. The summed E-state index contributed by atoms with van der Waals surface area (Å²) in [5.41, 5.74) is 4.28. The van der Waals surface area contributed by atoms with E-state index >= 15 is 0 Å². The molecule has 1 fully saturated rings. The van der Waals surface area contributed by atoms with Crippen LogP contribution in [0.2, 0.25) is 0 Å². The maximum atomic E-state index is 4.62. The summed E-state index contributed by atoms with van der Waals surface area (Å²) >= 11 is 1.81. The molecule has 0 aromatic carbocycles. The Morgan fingerprint density at radius 3 is 2.95 bits per heavy atom. The fourth-order valence-corrected chi connectivity index (χ4v) is 3.83. The van der Waals surface area contributed by atoms with Crippen molar-refractivity contribution in [3.63, 3.8) is 0 Å². The number of thiophene rings is 1. The van der Waals surface area contributed by atoms with Crippen LogP contribution >= 0.6 is 11.3 Å². The molecule has 4 heterocycles. The van der Waals surface area contributed by atoms with Gasteiger partial charge in [0.05, 0.1) is 0 Å². The van der Waals surface area contributed by atoms with Gasteiger partial charge in [0.15, 0.2) is 0 Å². The number of aromatic nitrogens is 2. The number of hydrogen-bond donors (Lipinski definition) is 0. The maximum absolute atomic E-state index is 4.62. The van der Waals surface area contributed by atoms with Gasteiger partial charge < -0.3 is 9.47 Å². The minimum atomic E-state index is 1.10. The molecule has 0 unspecified atom stereocenters. The summed E-state index contributed by atoms with van der Waals surface area (Å²) in [6, 6.07) is 2.25. The van der Waals surface area contributed by atoms with Crippen molar-refractivity contribution in [2.75, 3.05) is 20.1 Å². The van der Waals surface area contributed by atoms with Crippen molar-refractivity contribution in [2.45, 2.75) is 12.8 Å². The third kappa shape index (κ3) is 1.87. The molecule has 2 aromatic rings. The number of rotatable bonds is 0. The lowest BCUT2D eigenvalue weighted by Crippen LogP contribution is -2.27. The molecule has 3 nitrogen and oxygen atoms in total. The van der Waals surface area contributed by atoms with E-state index in [4.69, 9.17) is 0 Å². The summed E-state index contributed by atoms with van der Waals surface area (Å²) in [6.07, 6.45) is 10.6. The minimum absolute atomic E-state index is 1.10. The van der Waals surface area contributed by atoms with Gasteiger partial charge in [-0.25, -0.2) is 4.98 Å². The summed E-state index contributed by atoms with van der Waals surface area (Å²) in [5, 5.41) is 2.18. The van der Waals surface area contributed by atoms with Crippen molar-refractivity contribution in [2.24, 2.45) is 0 Å². The highest BCUT2D eigenvalue weighted by molar-refractivity contribution is 7.11.